The van der Waals surface area contributed by atoms with Gasteiger partial charge in [0.2, 0.25) is 0 Å². The second kappa shape index (κ2) is 7.59. The molecule has 0 aliphatic heterocycles. The number of hydrogen-bond acceptors (Lipinski definition) is 3. The maximum Gasteiger partial charge on any atom is 0.255 e. The van der Waals surface area contributed by atoms with E-state index in [9.17, 15) is 4.79 Å². The van der Waals surface area contributed by atoms with E-state index in [4.69, 9.17) is 0 Å². The molecule has 0 spiro atoms. The summed E-state index contributed by atoms with van der Waals surface area (Å²) in [6.07, 6.45) is 3.37. The lowest BCUT2D eigenvalue weighted by Crippen LogP contribution is -2.30. The zero-order chi connectivity index (χ0) is 15.9. The molecule has 4 heteroatoms. The maximum absolute atomic E-state index is 12.7. The molecule has 0 saturated heterocycles. The van der Waals surface area contributed by atoms with E-state index in [1.165, 1.54) is 0 Å². The highest BCUT2D eigenvalue weighted by molar-refractivity contribution is 5.94. The first kappa shape index (κ1) is 16.0. The van der Waals surface area contributed by atoms with Crippen molar-refractivity contribution in [3.63, 3.8) is 0 Å². The molecule has 0 unspecified atom stereocenters. The highest BCUT2D eigenvalue weighted by Gasteiger charge is 2.15. The van der Waals surface area contributed by atoms with Crippen LogP contribution in [0.25, 0.3) is 0 Å². The monoisotopic (exact) mass is 297 g/mol. The van der Waals surface area contributed by atoms with Gasteiger partial charge in [-0.3, -0.25) is 9.78 Å². The van der Waals surface area contributed by atoms with Crippen LogP contribution in [-0.4, -0.2) is 28.4 Å². The molecule has 0 radical (unpaired) electrons. The molecule has 1 amide bonds. The molecule has 4 nitrogen and oxygen atoms in total. The number of rotatable bonds is 6. The number of amides is 1. The molecule has 0 atom stereocenters. The molecule has 1 aromatic carbocycles. The summed E-state index contributed by atoms with van der Waals surface area (Å²) in [4.78, 5) is 18.7. The highest BCUT2D eigenvalue weighted by atomic mass is 16.2. The topological polar surface area (TPSA) is 45.2 Å². The molecular weight excluding hydrogens is 274 g/mol. The number of carbonyl (C=O) groups excluding carboxylic acids is 1. The SMILES string of the molecule is CCN(Cc1ccccc1)C(=O)c1cncc(NC(C)C)c1. The van der Waals surface area contributed by atoms with Crippen LogP contribution in [0.5, 0.6) is 0 Å². The minimum absolute atomic E-state index is 0.00580. The molecule has 0 saturated carbocycles. The first-order valence-corrected chi connectivity index (χ1v) is 7.65. The Hall–Kier alpha value is -2.36. The van der Waals surface area contributed by atoms with Gasteiger partial charge in [-0.1, -0.05) is 30.3 Å². The number of nitrogens with zero attached hydrogens (tertiary/aromatic N) is 2. The van der Waals surface area contributed by atoms with Crippen molar-refractivity contribution in [2.75, 3.05) is 11.9 Å². The van der Waals surface area contributed by atoms with E-state index in [1.807, 2.05) is 48.2 Å². The average molecular weight is 297 g/mol. The zero-order valence-corrected chi connectivity index (χ0v) is 13.4. The van der Waals surface area contributed by atoms with Crippen LogP contribution in [0.2, 0.25) is 0 Å². The van der Waals surface area contributed by atoms with Crippen LogP contribution < -0.4 is 5.32 Å². The molecule has 0 bridgehead atoms. The fraction of sp³-hybridized carbons (Fsp3) is 0.333. The van der Waals surface area contributed by atoms with E-state index in [2.05, 4.69) is 24.1 Å². The number of carbonyl (C=O) groups is 1. The lowest BCUT2D eigenvalue weighted by atomic mass is 10.2. The van der Waals surface area contributed by atoms with E-state index in [1.54, 1.807) is 12.4 Å². The zero-order valence-electron chi connectivity index (χ0n) is 13.4. The number of anilines is 1. The third kappa shape index (κ3) is 4.32. The smallest absolute Gasteiger partial charge is 0.255 e. The number of pyridine rings is 1. The van der Waals surface area contributed by atoms with Crippen molar-refractivity contribution >= 4 is 11.6 Å². The Balaban J connectivity index is 2.14. The molecule has 1 N–H and O–H groups in total. The van der Waals surface area contributed by atoms with Gasteiger partial charge in [0.15, 0.2) is 0 Å². The van der Waals surface area contributed by atoms with E-state index in [0.29, 0.717) is 24.7 Å². The van der Waals surface area contributed by atoms with Crippen molar-refractivity contribution in [2.45, 2.75) is 33.4 Å². The van der Waals surface area contributed by atoms with Gasteiger partial charge in [0, 0.05) is 31.5 Å². The van der Waals surface area contributed by atoms with Crippen LogP contribution >= 0.6 is 0 Å². The van der Waals surface area contributed by atoms with E-state index in [0.717, 1.165) is 11.3 Å². The summed E-state index contributed by atoms with van der Waals surface area (Å²) in [6, 6.07) is 12.2. The molecular formula is C18H23N3O. The fourth-order valence-corrected chi connectivity index (χ4v) is 2.28. The maximum atomic E-state index is 12.7. The van der Waals surface area contributed by atoms with Gasteiger partial charge < -0.3 is 10.2 Å². The van der Waals surface area contributed by atoms with Crippen molar-refractivity contribution in [3.8, 4) is 0 Å². The average Bonchev–Trinajstić information content (AvgIpc) is 2.52. The summed E-state index contributed by atoms with van der Waals surface area (Å²) in [6.45, 7) is 7.38. The van der Waals surface area contributed by atoms with Crippen molar-refractivity contribution in [1.29, 1.82) is 0 Å². The van der Waals surface area contributed by atoms with Gasteiger partial charge >= 0.3 is 0 Å². The first-order valence-electron chi connectivity index (χ1n) is 7.65. The number of aromatic nitrogens is 1. The predicted octanol–water partition coefficient (Wildman–Crippen LogP) is 3.56. The summed E-state index contributed by atoms with van der Waals surface area (Å²) in [5, 5.41) is 3.27. The standard InChI is InChI=1S/C18H23N3O/c1-4-21(13-15-8-6-5-7-9-15)18(22)16-10-17(12-19-11-16)20-14(2)3/h5-12,14,20H,4,13H2,1-3H3. The summed E-state index contributed by atoms with van der Waals surface area (Å²) >= 11 is 0. The van der Waals surface area contributed by atoms with Gasteiger partial charge in [-0.2, -0.15) is 0 Å². The van der Waals surface area contributed by atoms with Gasteiger partial charge in [-0.25, -0.2) is 0 Å². The Kier molecular flexibility index (Phi) is 5.53. The predicted molar refractivity (Wildman–Crippen MR) is 89.9 cm³/mol. The van der Waals surface area contributed by atoms with Gasteiger partial charge in [0.1, 0.15) is 0 Å². The molecule has 0 aliphatic carbocycles. The van der Waals surface area contributed by atoms with Crippen LogP contribution in [0.3, 0.4) is 0 Å². The largest absolute Gasteiger partial charge is 0.382 e. The van der Waals surface area contributed by atoms with Crippen LogP contribution in [0.1, 0.15) is 36.7 Å². The van der Waals surface area contributed by atoms with Gasteiger partial charge in [-0.15, -0.1) is 0 Å². The molecule has 116 valence electrons. The Bertz CT molecular complexity index is 611. The molecule has 0 aliphatic rings. The molecule has 1 heterocycles. The summed E-state index contributed by atoms with van der Waals surface area (Å²) in [5.41, 5.74) is 2.61. The number of nitrogens with one attached hydrogen (secondary N) is 1. The molecule has 2 aromatic rings. The van der Waals surface area contributed by atoms with Gasteiger partial charge in [0.05, 0.1) is 11.3 Å². The van der Waals surface area contributed by atoms with E-state index < -0.39 is 0 Å². The van der Waals surface area contributed by atoms with Crippen molar-refractivity contribution in [1.82, 2.24) is 9.88 Å². The minimum Gasteiger partial charge on any atom is -0.382 e. The van der Waals surface area contributed by atoms with Gasteiger partial charge in [0.25, 0.3) is 5.91 Å². The summed E-state index contributed by atoms with van der Waals surface area (Å²) < 4.78 is 0. The minimum atomic E-state index is 0.00580. The Morgan fingerprint density at radius 3 is 2.59 bits per heavy atom. The van der Waals surface area contributed by atoms with Crippen molar-refractivity contribution in [2.24, 2.45) is 0 Å². The second-order valence-electron chi connectivity index (χ2n) is 5.57. The molecule has 2 rings (SSSR count). The summed E-state index contributed by atoms with van der Waals surface area (Å²) in [5.74, 6) is 0.00580. The van der Waals surface area contributed by atoms with Crippen LogP contribution in [0.4, 0.5) is 5.69 Å². The van der Waals surface area contributed by atoms with Crippen molar-refractivity contribution < 1.29 is 4.79 Å². The van der Waals surface area contributed by atoms with E-state index >= 15 is 0 Å². The Labute approximate surface area is 132 Å². The number of benzene rings is 1. The lowest BCUT2D eigenvalue weighted by molar-refractivity contribution is 0.0752. The third-order valence-corrected chi connectivity index (χ3v) is 3.33. The Morgan fingerprint density at radius 1 is 1.23 bits per heavy atom. The quantitative estimate of drug-likeness (QED) is 0.886. The Morgan fingerprint density at radius 2 is 1.95 bits per heavy atom. The van der Waals surface area contributed by atoms with Crippen molar-refractivity contribution in [3.05, 3.63) is 59.9 Å². The molecule has 22 heavy (non-hydrogen) atoms. The fourth-order valence-electron chi connectivity index (χ4n) is 2.28. The summed E-state index contributed by atoms with van der Waals surface area (Å²) in [7, 11) is 0. The first-order chi connectivity index (χ1) is 10.6. The van der Waals surface area contributed by atoms with E-state index in [-0.39, 0.29) is 5.91 Å². The molecule has 1 aromatic heterocycles. The van der Waals surface area contributed by atoms with Crippen LogP contribution in [-0.2, 0) is 6.54 Å². The lowest BCUT2D eigenvalue weighted by Gasteiger charge is -2.21. The molecule has 0 fully saturated rings. The number of hydrogen-bond donors (Lipinski definition) is 1. The second-order valence-corrected chi connectivity index (χ2v) is 5.57. The normalized spacial score (nSPS) is 10.5. The third-order valence-electron chi connectivity index (χ3n) is 3.33. The van der Waals surface area contributed by atoms with Crippen LogP contribution in [0, 0.1) is 0 Å². The van der Waals surface area contributed by atoms with Crippen LogP contribution in [0.15, 0.2) is 48.8 Å². The highest BCUT2D eigenvalue weighted by Crippen LogP contribution is 2.14. The van der Waals surface area contributed by atoms with Gasteiger partial charge in [-0.05, 0) is 32.4 Å².